The molecule has 0 fully saturated rings. The number of amidine groups is 1. The van der Waals surface area contributed by atoms with Crippen molar-refractivity contribution in [1.29, 1.82) is 5.41 Å². The Kier molecular flexibility index (Phi) is 8.47. The van der Waals surface area contributed by atoms with Crippen LogP contribution in [0.3, 0.4) is 0 Å². The van der Waals surface area contributed by atoms with Crippen LogP contribution in [0.15, 0.2) is 66.7 Å². The van der Waals surface area contributed by atoms with E-state index in [9.17, 15) is 56.0 Å². The Morgan fingerprint density at radius 1 is 0.750 bits per heavy atom. The van der Waals surface area contributed by atoms with Gasteiger partial charge in [0.2, 0.25) is 5.91 Å². The molecule has 0 bridgehead atoms. The molecule has 0 atom stereocenters. The van der Waals surface area contributed by atoms with Crippen LogP contribution in [-0.4, -0.2) is 52.3 Å². The third-order valence-electron chi connectivity index (χ3n) is 7.11. The molecule has 5 rings (SSSR count). The third-order valence-corrected chi connectivity index (χ3v) is 7.11. The van der Waals surface area contributed by atoms with Crippen LogP contribution in [0.4, 0.5) is 26.3 Å². The third kappa shape index (κ3) is 6.98. The number of ether oxygens (including phenoxy) is 2. The summed E-state index contributed by atoms with van der Waals surface area (Å²) in [4.78, 5) is 51.9. The van der Waals surface area contributed by atoms with Crippen LogP contribution in [0, 0.1) is 5.41 Å². The SMILES string of the molecule is N=C(c1c(C(=O)O)cc2c3c(ccc(C(N)=O)c13)C(=O)NC2=O)N(Cc1ccc(OC(F)(F)F)cc1)Cc1ccc(OC(F)(F)F)cc1. The summed E-state index contributed by atoms with van der Waals surface area (Å²) in [6.07, 6.45) is -9.95. The maximum atomic E-state index is 12.8. The summed E-state index contributed by atoms with van der Waals surface area (Å²) in [5, 5.41) is 21.1. The smallest absolute Gasteiger partial charge is 0.478 e. The quantitative estimate of drug-likeness (QED) is 0.0797. The summed E-state index contributed by atoms with van der Waals surface area (Å²) < 4.78 is 84.0. The highest BCUT2D eigenvalue weighted by atomic mass is 19.4. The first-order valence-electron chi connectivity index (χ1n) is 13.5. The Labute approximate surface area is 265 Å². The number of alkyl halides is 6. The fraction of sp³-hybridized carbons (Fsp3) is 0.129. The zero-order chi connectivity index (χ0) is 35.1. The van der Waals surface area contributed by atoms with Crippen molar-refractivity contribution in [2.45, 2.75) is 25.8 Å². The molecule has 0 aromatic heterocycles. The highest BCUT2D eigenvalue weighted by Crippen LogP contribution is 2.36. The van der Waals surface area contributed by atoms with E-state index in [0.717, 1.165) is 36.4 Å². The van der Waals surface area contributed by atoms with Gasteiger partial charge in [-0.1, -0.05) is 24.3 Å². The zero-order valence-corrected chi connectivity index (χ0v) is 24.0. The van der Waals surface area contributed by atoms with Crippen molar-refractivity contribution in [3.05, 3.63) is 106 Å². The number of imide groups is 1. The van der Waals surface area contributed by atoms with Gasteiger partial charge in [0.15, 0.2) is 0 Å². The van der Waals surface area contributed by atoms with E-state index in [1.54, 1.807) is 0 Å². The van der Waals surface area contributed by atoms with Crippen LogP contribution in [-0.2, 0) is 13.1 Å². The number of carboxylic acids is 1. The van der Waals surface area contributed by atoms with Gasteiger partial charge < -0.3 is 25.2 Å². The molecule has 3 amide bonds. The Balaban J connectivity index is 1.67. The summed E-state index contributed by atoms with van der Waals surface area (Å²) in [5.74, 6) is -6.29. The molecule has 248 valence electrons. The van der Waals surface area contributed by atoms with Gasteiger partial charge in [-0.15, -0.1) is 26.3 Å². The highest BCUT2D eigenvalue weighted by molar-refractivity contribution is 6.31. The Morgan fingerprint density at radius 3 is 1.67 bits per heavy atom. The van der Waals surface area contributed by atoms with E-state index in [0.29, 0.717) is 0 Å². The summed E-state index contributed by atoms with van der Waals surface area (Å²) in [6.45, 7) is -0.613. The summed E-state index contributed by atoms with van der Waals surface area (Å²) in [6, 6.07) is 12.2. The Bertz CT molecular complexity index is 1930. The van der Waals surface area contributed by atoms with Crippen LogP contribution in [0.5, 0.6) is 11.5 Å². The van der Waals surface area contributed by atoms with E-state index in [4.69, 9.17) is 5.73 Å². The van der Waals surface area contributed by atoms with Crippen molar-refractivity contribution in [1.82, 2.24) is 10.2 Å². The molecular formula is C31H20F6N4O7. The molecule has 1 heterocycles. The molecule has 48 heavy (non-hydrogen) atoms. The van der Waals surface area contributed by atoms with E-state index >= 15 is 0 Å². The standard InChI is InChI=1S/C31H20F6N4O7/c32-30(33,34)47-16-5-1-14(2-6-16)12-41(13-15-3-7-17(8-4-15)48-31(35,36)37)25(38)24-21(29(45)46)11-20-22-19(27(43)40-28(20)44)10-9-18(23(22)24)26(39)42/h1-11,38H,12-13H2,(H2,39,42)(H,45,46)(H,40,43,44). The lowest BCUT2D eigenvalue weighted by Crippen LogP contribution is -2.37. The summed E-state index contributed by atoms with van der Waals surface area (Å²) >= 11 is 0. The number of carbonyl (C=O) groups is 4. The van der Waals surface area contributed by atoms with Crippen molar-refractivity contribution in [2.24, 2.45) is 5.73 Å². The topological polar surface area (TPSA) is 172 Å². The van der Waals surface area contributed by atoms with Gasteiger partial charge in [-0.05, 0) is 53.6 Å². The molecular weight excluding hydrogens is 654 g/mol. The van der Waals surface area contributed by atoms with E-state index < -0.39 is 64.9 Å². The predicted octanol–water partition coefficient (Wildman–Crippen LogP) is 5.35. The Morgan fingerprint density at radius 2 is 1.23 bits per heavy atom. The number of halogens is 6. The minimum atomic E-state index is -4.98. The van der Waals surface area contributed by atoms with E-state index in [-0.39, 0.29) is 51.7 Å². The second kappa shape index (κ2) is 12.2. The lowest BCUT2D eigenvalue weighted by atomic mass is 9.85. The number of rotatable bonds is 9. The van der Waals surface area contributed by atoms with Gasteiger partial charge >= 0.3 is 18.7 Å². The normalized spacial score (nSPS) is 12.8. The lowest BCUT2D eigenvalue weighted by Gasteiger charge is -2.29. The zero-order valence-electron chi connectivity index (χ0n) is 24.0. The monoisotopic (exact) mass is 674 g/mol. The number of carbonyl (C=O) groups excluding carboxylic acids is 3. The minimum absolute atomic E-state index is 0.123. The van der Waals surface area contributed by atoms with E-state index in [2.05, 4.69) is 14.8 Å². The number of hydrogen-bond acceptors (Lipinski definition) is 7. The number of aromatic carboxylic acids is 1. The lowest BCUT2D eigenvalue weighted by molar-refractivity contribution is -0.275. The molecule has 0 aliphatic carbocycles. The summed E-state index contributed by atoms with van der Waals surface area (Å²) in [5.41, 5.74) is 4.33. The number of carboxylic acid groups (broad SMARTS) is 1. The van der Waals surface area contributed by atoms with Crippen molar-refractivity contribution in [3.8, 4) is 11.5 Å². The number of benzene rings is 4. The van der Waals surface area contributed by atoms with Crippen molar-refractivity contribution >= 4 is 40.3 Å². The van der Waals surface area contributed by atoms with Gasteiger partial charge in [0, 0.05) is 46.1 Å². The fourth-order valence-corrected chi connectivity index (χ4v) is 5.20. The average Bonchev–Trinajstić information content (AvgIpc) is 2.98. The van der Waals surface area contributed by atoms with Crippen LogP contribution in [0.2, 0.25) is 0 Å². The number of primary amides is 1. The molecule has 5 N–H and O–H groups in total. The van der Waals surface area contributed by atoms with Crippen LogP contribution in [0.1, 0.15) is 58.1 Å². The molecule has 4 aromatic rings. The number of nitrogens with zero attached hydrogens (tertiary/aromatic N) is 1. The van der Waals surface area contributed by atoms with Crippen LogP contribution in [0.25, 0.3) is 10.8 Å². The fourth-order valence-electron chi connectivity index (χ4n) is 5.20. The second-order valence-corrected chi connectivity index (χ2v) is 10.3. The molecule has 1 aliphatic rings. The van der Waals surface area contributed by atoms with E-state index in [1.165, 1.54) is 35.2 Å². The van der Waals surface area contributed by atoms with Crippen molar-refractivity contribution < 1.29 is 60.1 Å². The van der Waals surface area contributed by atoms with E-state index in [1.807, 2.05) is 0 Å². The van der Waals surface area contributed by atoms with Crippen molar-refractivity contribution in [2.75, 3.05) is 0 Å². The molecule has 1 aliphatic heterocycles. The first-order valence-corrected chi connectivity index (χ1v) is 13.5. The minimum Gasteiger partial charge on any atom is -0.478 e. The second-order valence-electron chi connectivity index (χ2n) is 10.3. The van der Waals surface area contributed by atoms with Crippen LogP contribution >= 0.6 is 0 Å². The average molecular weight is 675 g/mol. The molecule has 0 spiro atoms. The summed E-state index contributed by atoms with van der Waals surface area (Å²) in [7, 11) is 0. The molecule has 0 saturated heterocycles. The predicted molar refractivity (Wildman–Crippen MR) is 154 cm³/mol. The maximum absolute atomic E-state index is 12.8. The van der Waals surface area contributed by atoms with Gasteiger partial charge in [0.25, 0.3) is 11.8 Å². The molecule has 0 radical (unpaired) electrons. The van der Waals surface area contributed by atoms with Gasteiger partial charge in [-0.25, -0.2) is 4.79 Å². The van der Waals surface area contributed by atoms with Crippen molar-refractivity contribution in [3.63, 3.8) is 0 Å². The van der Waals surface area contributed by atoms with Gasteiger partial charge in [-0.2, -0.15) is 0 Å². The maximum Gasteiger partial charge on any atom is 0.573 e. The number of nitrogens with one attached hydrogen (secondary N) is 2. The molecule has 0 saturated carbocycles. The number of nitrogens with two attached hydrogens (primary N) is 1. The van der Waals surface area contributed by atoms with Gasteiger partial charge in [0.1, 0.15) is 17.3 Å². The number of hydrogen-bond donors (Lipinski definition) is 4. The molecule has 17 heteroatoms. The molecule has 4 aromatic carbocycles. The van der Waals surface area contributed by atoms with Gasteiger partial charge in [-0.3, -0.25) is 25.1 Å². The van der Waals surface area contributed by atoms with Gasteiger partial charge in [0.05, 0.1) is 5.56 Å². The molecule has 11 nitrogen and oxygen atoms in total. The first-order chi connectivity index (χ1) is 22.4. The number of amides is 3. The highest BCUT2D eigenvalue weighted by Gasteiger charge is 2.34. The first kappa shape index (κ1) is 33.2. The van der Waals surface area contributed by atoms with Crippen LogP contribution < -0.4 is 20.5 Å². The Hall–Kier alpha value is -6.13. The largest absolute Gasteiger partial charge is 0.573 e. The molecule has 0 unspecified atom stereocenters.